The first-order chi connectivity index (χ1) is 14.5. The minimum absolute atomic E-state index is 0.0125. The van der Waals surface area contributed by atoms with Gasteiger partial charge >= 0.3 is 6.18 Å². The second-order valence-electron chi connectivity index (χ2n) is 6.57. The molecule has 11 heteroatoms. The van der Waals surface area contributed by atoms with Crippen LogP contribution >= 0.6 is 11.6 Å². The van der Waals surface area contributed by atoms with Gasteiger partial charge in [-0.1, -0.05) is 13.8 Å². The zero-order valence-electron chi connectivity index (χ0n) is 17.1. The number of carbonyl (C=O) groups excluding carboxylic acids is 1. The van der Waals surface area contributed by atoms with Crippen LogP contribution in [0.3, 0.4) is 0 Å². The number of likely N-dealkylation sites (N-methyl/N-ethyl adjacent to an activating group) is 1. The molecule has 0 saturated carbocycles. The van der Waals surface area contributed by atoms with Gasteiger partial charge in [-0.2, -0.15) is 18.3 Å². The molecule has 31 heavy (non-hydrogen) atoms. The molecule has 1 aliphatic rings. The topological polar surface area (TPSA) is 93.2 Å². The maximum atomic E-state index is 13.9. The van der Waals surface area contributed by atoms with E-state index >= 15 is 0 Å². The van der Waals surface area contributed by atoms with Gasteiger partial charge in [-0.05, 0) is 31.7 Å². The molecule has 1 aliphatic carbocycles. The average molecular weight is 463 g/mol. The highest BCUT2D eigenvalue weighted by Crippen LogP contribution is 2.42. The molecule has 2 aromatic rings. The van der Waals surface area contributed by atoms with Gasteiger partial charge in [0.05, 0.1) is 17.1 Å². The minimum atomic E-state index is -4.54. The molecule has 4 N–H and O–H groups in total. The van der Waals surface area contributed by atoms with E-state index in [4.69, 9.17) is 17.3 Å². The molecule has 0 amide bonds. The number of alkyl halides is 4. The Hall–Kier alpha value is -2.43. The van der Waals surface area contributed by atoms with Crippen molar-refractivity contribution in [3.63, 3.8) is 0 Å². The number of nitrogens with two attached hydrogens (primary N) is 1. The average Bonchev–Trinajstić information content (AvgIpc) is 3.10. The van der Waals surface area contributed by atoms with E-state index in [1.807, 2.05) is 13.8 Å². The number of fused-ring (bicyclic) bond motifs is 1. The SMILES string of the molecule is CC.CNC(O)(C1=CC(F)=CCC1Cl)c1c(N)cc2c(cnn2CC(F)(F)F)c1C=O. The number of nitrogens with zero attached hydrogens (tertiary/aromatic N) is 2. The number of hydrogen-bond donors (Lipinski definition) is 3. The number of allylic oxidation sites excluding steroid dienone is 3. The van der Waals surface area contributed by atoms with Gasteiger partial charge in [-0.25, -0.2) is 4.39 Å². The van der Waals surface area contributed by atoms with Gasteiger partial charge in [-0.15, -0.1) is 11.6 Å². The molecule has 6 nitrogen and oxygen atoms in total. The fraction of sp³-hybridized carbons (Fsp3) is 0.400. The maximum absolute atomic E-state index is 13.9. The summed E-state index contributed by atoms with van der Waals surface area (Å²) in [4.78, 5) is 11.9. The van der Waals surface area contributed by atoms with Gasteiger partial charge in [0.2, 0.25) is 0 Å². The largest absolute Gasteiger partial charge is 0.408 e. The molecule has 0 saturated heterocycles. The van der Waals surface area contributed by atoms with Crippen molar-refractivity contribution >= 4 is 34.5 Å². The second-order valence-corrected chi connectivity index (χ2v) is 7.10. The lowest BCUT2D eigenvalue weighted by atomic mass is 9.84. The number of halogens is 5. The van der Waals surface area contributed by atoms with Crippen molar-refractivity contribution in [3.05, 3.63) is 46.9 Å². The molecule has 0 radical (unpaired) electrons. The third kappa shape index (κ3) is 4.76. The number of aromatic nitrogens is 2. The number of benzene rings is 1. The van der Waals surface area contributed by atoms with Crippen LogP contribution in [0, 0.1) is 0 Å². The Labute approximate surface area is 181 Å². The quantitative estimate of drug-likeness (QED) is 0.204. The lowest BCUT2D eigenvalue weighted by Gasteiger charge is -2.36. The van der Waals surface area contributed by atoms with Crippen LogP contribution in [-0.2, 0) is 12.3 Å². The molecule has 1 aromatic heterocycles. The highest BCUT2D eigenvalue weighted by molar-refractivity contribution is 6.22. The van der Waals surface area contributed by atoms with Crippen molar-refractivity contribution in [1.29, 1.82) is 0 Å². The molecular weight excluding hydrogens is 440 g/mol. The Morgan fingerprint density at radius 3 is 2.61 bits per heavy atom. The molecule has 3 rings (SSSR count). The van der Waals surface area contributed by atoms with Crippen molar-refractivity contribution in [1.82, 2.24) is 15.1 Å². The fourth-order valence-electron chi connectivity index (χ4n) is 3.47. The number of nitrogens with one attached hydrogen (secondary N) is 1. The van der Waals surface area contributed by atoms with Gasteiger partial charge < -0.3 is 10.8 Å². The van der Waals surface area contributed by atoms with Crippen LogP contribution in [0.15, 0.2) is 35.8 Å². The number of carbonyl (C=O) groups is 1. The highest BCUT2D eigenvalue weighted by atomic mass is 35.5. The van der Waals surface area contributed by atoms with Crippen molar-refractivity contribution in [3.8, 4) is 0 Å². The molecule has 1 aromatic carbocycles. The summed E-state index contributed by atoms with van der Waals surface area (Å²) in [6, 6.07) is 1.18. The lowest BCUT2D eigenvalue weighted by molar-refractivity contribution is -0.141. The monoisotopic (exact) mass is 462 g/mol. The standard InChI is InChI=1S/C18H17ClF4N4O2.C2H6/c1-25-18(29,12-4-9(20)2-3-13(12)19)16-11(7-28)10-6-26-27(8-17(21,22)23)15(10)5-14(16)24;1-2/h2,4-7,13,25,29H,3,8,24H2,1H3;1-2H3. The van der Waals surface area contributed by atoms with Crippen LogP contribution in [-0.4, -0.2) is 39.8 Å². The van der Waals surface area contributed by atoms with Crippen molar-refractivity contribution in [2.45, 2.75) is 44.1 Å². The van der Waals surface area contributed by atoms with Gasteiger partial charge in [-0.3, -0.25) is 14.8 Å². The number of aldehydes is 1. The van der Waals surface area contributed by atoms with Crippen LogP contribution in [0.4, 0.5) is 23.2 Å². The molecular formula is C20H23ClF4N4O2. The number of aliphatic hydroxyl groups is 1. The molecule has 0 aliphatic heterocycles. The van der Waals surface area contributed by atoms with E-state index in [0.717, 1.165) is 12.3 Å². The maximum Gasteiger partial charge on any atom is 0.408 e. The van der Waals surface area contributed by atoms with E-state index in [0.29, 0.717) is 11.0 Å². The first-order valence-electron chi connectivity index (χ1n) is 9.45. The van der Waals surface area contributed by atoms with Gasteiger partial charge in [0.15, 0.2) is 12.0 Å². The Balaban J connectivity index is 0.00000166. The Bertz CT molecular complexity index is 1030. The molecule has 0 bridgehead atoms. The van der Waals surface area contributed by atoms with Crippen molar-refractivity contribution in [2.24, 2.45) is 0 Å². The number of anilines is 1. The summed E-state index contributed by atoms with van der Waals surface area (Å²) in [5, 5.41) is 16.9. The zero-order chi connectivity index (χ0) is 23.6. The predicted octanol–water partition coefficient (Wildman–Crippen LogP) is 4.17. The normalized spacial score (nSPS) is 18.5. The van der Waals surface area contributed by atoms with Gasteiger partial charge in [0.25, 0.3) is 0 Å². The van der Waals surface area contributed by atoms with Crippen LogP contribution in [0.5, 0.6) is 0 Å². The third-order valence-corrected chi connectivity index (χ3v) is 5.17. The summed E-state index contributed by atoms with van der Waals surface area (Å²) in [5.74, 6) is -0.629. The van der Waals surface area contributed by atoms with E-state index in [1.54, 1.807) is 0 Å². The smallest absolute Gasteiger partial charge is 0.398 e. The molecule has 0 spiro atoms. The molecule has 1 heterocycles. The highest BCUT2D eigenvalue weighted by Gasteiger charge is 2.41. The summed E-state index contributed by atoms with van der Waals surface area (Å²) in [5.41, 5.74) is 3.39. The fourth-order valence-corrected chi connectivity index (χ4v) is 3.78. The van der Waals surface area contributed by atoms with Gasteiger partial charge in [0, 0.05) is 27.8 Å². The van der Waals surface area contributed by atoms with Crippen molar-refractivity contribution < 1.29 is 27.5 Å². The second kappa shape index (κ2) is 9.37. The van der Waals surface area contributed by atoms with E-state index in [-0.39, 0.29) is 39.7 Å². The molecule has 2 atom stereocenters. The predicted molar refractivity (Wildman–Crippen MR) is 111 cm³/mol. The lowest BCUT2D eigenvalue weighted by Crippen LogP contribution is -2.46. The number of nitrogen functional groups attached to an aromatic ring is 1. The van der Waals surface area contributed by atoms with E-state index in [9.17, 15) is 27.5 Å². The summed E-state index contributed by atoms with van der Waals surface area (Å²) >= 11 is 6.25. The van der Waals surface area contributed by atoms with E-state index in [2.05, 4.69) is 10.4 Å². The molecule has 2 unspecified atom stereocenters. The van der Waals surface area contributed by atoms with E-state index in [1.165, 1.54) is 19.2 Å². The summed E-state index contributed by atoms with van der Waals surface area (Å²) in [7, 11) is 1.35. The van der Waals surface area contributed by atoms with Crippen molar-refractivity contribution in [2.75, 3.05) is 12.8 Å². The molecule has 170 valence electrons. The van der Waals surface area contributed by atoms with Crippen LogP contribution in [0.25, 0.3) is 10.9 Å². The number of hydrogen-bond acceptors (Lipinski definition) is 5. The Kier molecular flexibility index (Phi) is 7.51. The Morgan fingerprint density at radius 1 is 1.42 bits per heavy atom. The van der Waals surface area contributed by atoms with Crippen LogP contribution in [0.1, 0.15) is 36.2 Å². The summed E-state index contributed by atoms with van der Waals surface area (Å²) in [6.45, 7) is 2.62. The third-order valence-electron chi connectivity index (χ3n) is 4.76. The van der Waals surface area contributed by atoms with Gasteiger partial charge in [0.1, 0.15) is 12.4 Å². The minimum Gasteiger partial charge on any atom is -0.398 e. The molecule has 0 fully saturated rings. The zero-order valence-corrected chi connectivity index (χ0v) is 17.9. The summed E-state index contributed by atoms with van der Waals surface area (Å²) < 4.78 is 52.9. The Morgan fingerprint density at radius 2 is 2.06 bits per heavy atom. The van der Waals surface area contributed by atoms with Crippen LogP contribution < -0.4 is 11.1 Å². The summed E-state index contributed by atoms with van der Waals surface area (Å²) in [6.07, 6.45) is -0.742. The number of rotatable bonds is 5. The first-order valence-corrected chi connectivity index (χ1v) is 9.89. The first kappa shape index (κ1) is 24.8. The van der Waals surface area contributed by atoms with Crippen LogP contribution in [0.2, 0.25) is 0 Å². The van der Waals surface area contributed by atoms with E-state index < -0.39 is 29.7 Å².